The zero-order valence-electron chi connectivity index (χ0n) is 12.0. The fourth-order valence-corrected chi connectivity index (χ4v) is 1.96. The zero-order chi connectivity index (χ0) is 15.4. The summed E-state index contributed by atoms with van der Waals surface area (Å²) >= 11 is 0. The predicted octanol–water partition coefficient (Wildman–Crippen LogP) is 1.39. The van der Waals surface area contributed by atoms with E-state index < -0.39 is 5.97 Å². The number of hydrogen-bond donors (Lipinski definition) is 1. The van der Waals surface area contributed by atoms with Gasteiger partial charge in [-0.3, -0.25) is 4.79 Å². The van der Waals surface area contributed by atoms with E-state index in [1.807, 2.05) is 0 Å². The molecule has 0 saturated heterocycles. The lowest BCUT2D eigenvalue weighted by molar-refractivity contribution is -0.137. The first-order valence-electron chi connectivity index (χ1n) is 6.28. The van der Waals surface area contributed by atoms with Crippen LogP contribution in [0.1, 0.15) is 19.4 Å². The van der Waals surface area contributed by atoms with Gasteiger partial charge in [-0.2, -0.15) is 0 Å². The molecule has 0 bridgehead atoms. The predicted molar refractivity (Wildman–Crippen MR) is 73.3 cm³/mol. The van der Waals surface area contributed by atoms with Gasteiger partial charge in [0.2, 0.25) is 0 Å². The number of carboxylic acid groups (broad SMARTS) is 1. The van der Waals surface area contributed by atoms with Crippen molar-refractivity contribution in [2.24, 2.45) is 0 Å². The molecule has 0 aliphatic carbocycles. The molecule has 0 amide bonds. The molecule has 2 rings (SSSR count). The fourth-order valence-electron chi connectivity index (χ4n) is 1.96. The number of rotatable bonds is 6. The maximum Gasteiger partial charge on any atom is 0.305 e. The Morgan fingerprint density at radius 1 is 1.29 bits per heavy atom. The molecule has 21 heavy (non-hydrogen) atoms. The third-order valence-electron chi connectivity index (χ3n) is 2.99. The Kier molecular flexibility index (Phi) is 4.36. The van der Waals surface area contributed by atoms with Crippen LogP contribution in [0.5, 0.6) is 11.5 Å². The summed E-state index contributed by atoms with van der Waals surface area (Å²) in [5.74, 6) is 0.752. The van der Waals surface area contributed by atoms with E-state index in [1.165, 1.54) is 4.68 Å². The molecule has 1 N–H and O–H groups in total. The van der Waals surface area contributed by atoms with E-state index in [1.54, 1.807) is 39.3 Å². The van der Waals surface area contributed by atoms with E-state index in [-0.39, 0.29) is 12.5 Å². The van der Waals surface area contributed by atoms with E-state index in [2.05, 4.69) is 15.5 Å². The van der Waals surface area contributed by atoms with Gasteiger partial charge in [-0.1, -0.05) is 0 Å². The molecule has 0 fully saturated rings. The Hall–Kier alpha value is -2.64. The lowest BCUT2D eigenvalue weighted by Gasteiger charge is -2.12. The Morgan fingerprint density at radius 3 is 2.43 bits per heavy atom. The average molecular weight is 292 g/mol. The van der Waals surface area contributed by atoms with Crippen LogP contribution in [0.3, 0.4) is 0 Å². The minimum atomic E-state index is -0.910. The van der Waals surface area contributed by atoms with Crippen molar-refractivity contribution in [3.8, 4) is 22.9 Å². The number of aliphatic carboxylic acids is 1. The van der Waals surface area contributed by atoms with Crippen molar-refractivity contribution in [3.63, 3.8) is 0 Å². The lowest BCUT2D eigenvalue weighted by Crippen LogP contribution is -2.13. The fraction of sp³-hybridized carbons (Fsp3) is 0.385. The maximum absolute atomic E-state index is 10.8. The summed E-state index contributed by atoms with van der Waals surface area (Å²) in [6.45, 7) is 1.74. The van der Waals surface area contributed by atoms with Gasteiger partial charge in [-0.25, -0.2) is 4.68 Å². The number of ether oxygens (including phenoxy) is 2. The van der Waals surface area contributed by atoms with Crippen molar-refractivity contribution >= 4 is 5.97 Å². The number of tetrazole rings is 1. The van der Waals surface area contributed by atoms with Crippen molar-refractivity contribution in [2.75, 3.05) is 14.2 Å². The summed E-state index contributed by atoms with van der Waals surface area (Å²) in [5.41, 5.74) is 0.688. The standard InChI is InChI=1S/C13H16N4O4/c1-8(4-12(18)19)17-13(14-15-16-17)9-5-10(20-2)7-11(6-9)21-3/h5-8H,4H2,1-3H3,(H,18,19). The van der Waals surface area contributed by atoms with Crippen molar-refractivity contribution < 1.29 is 19.4 Å². The SMILES string of the molecule is COc1cc(OC)cc(-c2nnnn2C(C)CC(=O)O)c1. The second kappa shape index (κ2) is 6.21. The topological polar surface area (TPSA) is 99.4 Å². The van der Waals surface area contributed by atoms with Gasteiger partial charge in [0.05, 0.1) is 26.7 Å². The van der Waals surface area contributed by atoms with Crippen LogP contribution in [0.25, 0.3) is 11.4 Å². The van der Waals surface area contributed by atoms with Crippen molar-refractivity contribution in [1.29, 1.82) is 0 Å². The molecular weight excluding hydrogens is 276 g/mol. The number of nitrogens with zero attached hydrogens (tertiary/aromatic N) is 4. The van der Waals surface area contributed by atoms with Crippen LogP contribution in [-0.4, -0.2) is 45.5 Å². The highest BCUT2D eigenvalue weighted by Gasteiger charge is 2.18. The summed E-state index contributed by atoms with van der Waals surface area (Å²) < 4.78 is 11.9. The second-order valence-electron chi connectivity index (χ2n) is 4.50. The second-order valence-corrected chi connectivity index (χ2v) is 4.50. The first kappa shape index (κ1) is 14.8. The molecule has 2 aromatic rings. The normalized spacial score (nSPS) is 12.0. The quantitative estimate of drug-likeness (QED) is 0.858. The molecule has 1 heterocycles. The molecule has 0 aliphatic heterocycles. The molecule has 0 aliphatic rings. The molecule has 1 aromatic heterocycles. The minimum Gasteiger partial charge on any atom is -0.497 e. The highest BCUT2D eigenvalue weighted by atomic mass is 16.5. The molecule has 8 heteroatoms. The van der Waals surface area contributed by atoms with Crippen LogP contribution < -0.4 is 9.47 Å². The summed E-state index contributed by atoms with van der Waals surface area (Å²) in [6.07, 6.45) is -0.0703. The van der Waals surface area contributed by atoms with Gasteiger partial charge < -0.3 is 14.6 Å². The van der Waals surface area contributed by atoms with Crippen LogP contribution >= 0.6 is 0 Å². The molecule has 0 spiro atoms. The highest BCUT2D eigenvalue weighted by Crippen LogP contribution is 2.29. The lowest BCUT2D eigenvalue weighted by atomic mass is 10.1. The van der Waals surface area contributed by atoms with Crippen molar-refractivity contribution in [2.45, 2.75) is 19.4 Å². The van der Waals surface area contributed by atoms with Crippen molar-refractivity contribution in [1.82, 2.24) is 20.2 Å². The first-order chi connectivity index (χ1) is 10.0. The third kappa shape index (κ3) is 3.28. The van der Waals surface area contributed by atoms with Crippen LogP contribution in [-0.2, 0) is 4.79 Å². The summed E-state index contributed by atoms with van der Waals surface area (Å²) in [5, 5.41) is 20.3. The molecule has 112 valence electrons. The van der Waals surface area contributed by atoms with Gasteiger partial charge in [0.25, 0.3) is 0 Å². The molecule has 8 nitrogen and oxygen atoms in total. The van der Waals surface area contributed by atoms with Gasteiger partial charge >= 0.3 is 5.97 Å². The Labute approximate surface area is 121 Å². The molecule has 0 saturated carbocycles. The number of aromatic nitrogens is 4. The average Bonchev–Trinajstić information content (AvgIpc) is 2.95. The first-order valence-corrected chi connectivity index (χ1v) is 6.28. The van der Waals surface area contributed by atoms with E-state index in [4.69, 9.17) is 14.6 Å². The number of benzene rings is 1. The molecule has 1 unspecified atom stereocenters. The Bertz CT molecular complexity index is 619. The molecule has 0 radical (unpaired) electrons. The Morgan fingerprint density at radius 2 is 1.90 bits per heavy atom. The number of carbonyl (C=O) groups is 1. The van der Waals surface area contributed by atoms with E-state index in [0.29, 0.717) is 22.9 Å². The number of methoxy groups -OCH3 is 2. The summed E-state index contributed by atoms with van der Waals surface area (Å²) in [7, 11) is 3.10. The largest absolute Gasteiger partial charge is 0.497 e. The minimum absolute atomic E-state index is 0.0703. The van der Waals surface area contributed by atoms with E-state index in [9.17, 15) is 4.79 Å². The van der Waals surface area contributed by atoms with Gasteiger partial charge in [-0.05, 0) is 29.5 Å². The zero-order valence-corrected chi connectivity index (χ0v) is 12.0. The number of hydrogen-bond acceptors (Lipinski definition) is 6. The highest BCUT2D eigenvalue weighted by molar-refractivity contribution is 5.67. The third-order valence-corrected chi connectivity index (χ3v) is 2.99. The maximum atomic E-state index is 10.8. The Balaban J connectivity index is 2.43. The smallest absolute Gasteiger partial charge is 0.305 e. The van der Waals surface area contributed by atoms with E-state index >= 15 is 0 Å². The molecular formula is C13H16N4O4. The van der Waals surface area contributed by atoms with Crippen LogP contribution in [0, 0.1) is 0 Å². The van der Waals surface area contributed by atoms with Gasteiger partial charge in [0, 0.05) is 11.6 Å². The van der Waals surface area contributed by atoms with Crippen LogP contribution in [0.4, 0.5) is 0 Å². The van der Waals surface area contributed by atoms with Crippen LogP contribution in [0.2, 0.25) is 0 Å². The molecule has 1 atom stereocenters. The number of carboxylic acids is 1. The monoisotopic (exact) mass is 292 g/mol. The van der Waals surface area contributed by atoms with Crippen molar-refractivity contribution in [3.05, 3.63) is 18.2 Å². The summed E-state index contributed by atoms with van der Waals surface area (Å²) in [6, 6.07) is 4.89. The summed E-state index contributed by atoms with van der Waals surface area (Å²) in [4.78, 5) is 10.8. The van der Waals surface area contributed by atoms with E-state index in [0.717, 1.165) is 0 Å². The molecule has 1 aromatic carbocycles. The van der Waals surface area contributed by atoms with Gasteiger partial charge in [0.15, 0.2) is 5.82 Å². The van der Waals surface area contributed by atoms with Crippen LogP contribution in [0.15, 0.2) is 18.2 Å². The van der Waals surface area contributed by atoms with Gasteiger partial charge in [0.1, 0.15) is 11.5 Å². The van der Waals surface area contributed by atoms with Gasteiger partial charge in [-0.15, -0.1) is 5.10 Å².